The third kappa shape index (κ3) is 4.11. The van der Waals surface area contributed by atoms with Crippen LogP contribution in [0.4, 0.5) is 0 Å². The summed E-state index contributed by atoms with van der Waals surface area (Å²) in [6.07, 6.45) is 0. The van der Waals surface area contributed by atoms with Gasteiger partial charge in [0.2, 0.25) is 0 Å². The van der Waals surface area contributed by atoms with Crippen LogP contribution in [0.3, 0.4) is 0 Å². The molecule has 1 aliphatic rings. The summed E-state index contributed by atoms with van der Waals surface area (Å²) in [4.78, 5) is 10.9. The molecule has 7 aromatic carbocycles. The Morgan fingerprint density at radius 2 is 1.20 bits per heavy atom. The van der Waals surface area contributed by atoms with E-state index in [0.29, 0.717) is 0 Å². The van der Waals surface area contributed by atoms with Gasteiger partial charge in [-0.25, -0.2) is 9.97 Å². The van der Waals surface area contributed by atoms with Gasteiger partial charge in [-0.3, -0.25) is 4.57 Å². The first-order valence-corrected chi connectivity index (χ1v) is 18.3. The number of aromatic nitrogens is 3. The predicted octanol–water partition coefficient (Wildman–Crippen LogP) is 12.7. The molecule has 0 saturated heterocycles. The highest BCUT2D eigenvalue weighted by Crippen LogP contribution is 2.52. The molecule has 11 rings (SSSR count). The maximum Gasteiger partial charge on any atom is 0.161 e. The summed E-state index contributed by atoms with van der Waals surface area (Å²) in [6.45, 7) is 4.64. The molecule has 0 spiro atoms. The molecule has 0 aliphatic heterocycles. The zero-order valence-electron chi connectivity index (χ0n) is 28.2. The molecule has 0 unspecified atom stereocenters. The van der Waals surface area contributed by atoms with Gasteiger partial charge in [0.15, 0.2) is 5.82 Å². The van der Waals surface area contributed by atoms with Gasteiger partial charge in [-0.05, 0) is 75.5 Å². The van der Waals surface area contributed by atoms with Crippen LogP contribution in [0.2, 0.25) is 0 Å². The fraction of sp³-hybridized carbons (Fsp3) is 0.0638. The Morgan fingerprint density at radius 1 is 0.510 bits per heavy atom. The van der Waals surface area contributed by atoms with Crippen LogP contribution in [0, 0.1) is 0 Å². The number of thiophene rings is 1. The monoisotopic (exact) mass is 669 g/mol. The molecule has 240 valence electrons. The van der Waals surface area contributed by atoms with Crippen LogP contribution in [-0.2, 0) is 5.41 Å². The van der Waals surface area contributed by atoms with Crippen molar-refractivity contribution >= 4 is 64.1 Å². The van der Waals surface area contributed by atoms with Crippen molar-refractivity contribution in [2.45, 2.75) is 19.3 Å². The van der Waals surface area contributed by atoms with Crippen LogP contribution in [0.25, 0.3) is 92.2 Å². The van der Waals surface area contributed by atoms with Gasteiger partial charge in [0.1, 0.15) is 5.82 Å². The Hall–Kier alpha value is -6.10. The highest BCUT2D eigenvalue weighted by atomic mass is 32.1. The lowest BCUT2D eigenvalue weighted by molar-refractivity contribution is 0.635. The maximum absolute atomic E-state index is 5.49. The van der Waals surface area contributed by atoms with E-state index in [1.165, 1.54) is 64.0 Å². The standard InChI is InChI=1S/C47H31N3S/c1-47(2)38-26-32(31-21-23-42-37(25-31)34-17-9-11-19-41(34)51-42)20-22-35(38)43-44(47)48-45(28-12-4-3-5-13-28)49-46(43)50-39-18-10-8-16-33(39)36-24-29-14-6-7-15-30(29)27-40(36)50/h3-27H,1-2H3. The second-order valence-electron chi connectivity index (χ2n) is 14.2. The summed E-state index contributed by atoms with van der Waals surface area (Å²) in [6, 6.07) is 55.1. The van der Waals surface area contributed by atoms with Gasteiger partial charge in [0.05, 0.1) is 16.7 Å². The van der Waals surface area contributed by atoms with E-state index in [4.69, 9.17) is 9.97 Å². The second-order valence-corrected chi connectivity index (χ2v) is 15.3. The molecule has 1 aliphatic carbocycles. The van der Waals surface area contributed by atoms with E-state index in [2.05, 4.69) is 164 Å². The van der Waals surface area contributed by atoms with Crippen LogP contribution < -0.4 is 0 Å². The summed E-state index contributed by atoms with van der Waals surface area (Å²) in [5.74, 6) is 1.66. The van der Waals surface area contributed by atoms with Crippen LogP contribution in [-0.4, -0.2) is 14.5 Å². The molecule has 0 amide bonds. The number of hydrogen-bond donors (Lipinski definition) is 0. The van der Waals surface area contributed by atoms with Gasteiger partial charge in [-0.1, -0.05) is 123 Å². The Balaban J connectivity index is 1.19. The van der Waals surface area contributed by atoms with Crippen LogP contribution in [0.5, 0.6) is 0 Å². The number of rotatable bonds is 3. The maximum atomic E-state index is 5.49. The number of para-hydroxylation sites is 1. The minimum absolute atomic E-state index is 0.355. The van der Waals surface area contributed by atoms with Gasteiger partial charge in [0.25, 0.3) is 0 Å². The number of nitrogens with zero attached hydrogens (tertiary/aromatic N) is 3. The first-order chi connectivity index (χ1) is 25.0. The summed E-state index contributed by atoms with van der Waals surface area (Å²) in [5, 5.41) is 7.52. The van der Waals surface area contributed by atoms with Crippen LogP contribution >= 0.6 is 11.3 Å². The van der Waals surface area contributed by atoms with E-state index in [0.717, 1.165) is 39.5 Å². The first-order valence-electron chi connectivity index (χ1n) is 17.5. The normalized spacial score (nSPS) is 13.5. The molecule has 4 heteroatoms. The quantitative estimate of drug-likeness (QED) is 0.187. The third-order valence-electron chi connectivity index (χ3n) is 10.9. The molecule has 0 atom stereocenters. The zero-order valence-corrected chi connectivity index (χ0v) is 29.0. The lowest BCUT2D eigenvalue weighted by atomic mass is 9.84. The number of fused-ring (bicyclic) bond motifs is 10. The highest BCUT2D eigenvalue weighted by Gasteiger charge is 2.41. The van der Waals surface area contributed by atoms with E-state index < -0.39 is 0 Å². The van der Waals surface area contributed by atoms with Crippen LogP contribution in [0.15, 0.2) is 152 Å². The van der Waals surface area contributed by atoms with Crippen molar-refractivity contribution < 1.29 is 0 Å². The van der Waals surface area contributed by atoms with Crippen LogP contribution in [0.1, 0.15) is 25.1 Å². The Bertz CT molecular complexity index is 3060. The number of benzene rings is 7. The van der Waals surface area contributed by atoms with E-state index in [-0.39, 0.29) is 5.41 Å². The third-order valence-corrected chi connectivity index (χ3v) is 12.1. The van der Waals surface area contributed by atoms with Crippen molar-refractivity contribution in [2.75, 3.05) is 0 Å². The van der Waals surface area contributed by atoms with Crippen molar-refractivity contribution in [3.63, 3.8) is 0 Å². The summed E-state index contributed by atoms with van der Waals surface area (Å²) in [7, 11) is 0. The average Bonchev–Trinajstić information content (AvgIpc) is 3.78. The van der Waals surface area contributed by atoms with Crippen molar-refractivity contribution in [1.82, 2.24) is 14.5 Å². The van der Waals surface area contributed by atoms with Crippen molar-refractivity contribution in [3.8, 4) is 39.5 Å². The van der Waals surface area contributed by atoms with Gasteiger partial charge in [-0.15, -0.1) is 11.3 Å². The Labute approximate surface area is 299 Å². The predicted molar refractivity (Wildman–Crippen MR) is 215 cm³/mol. The lowest BCUT2D eigenvalue weighted by Crippen LogP contribution is -2.18. The molecular formula is C47H31N3S. The molecule has 3 heterocycles. The van der Waals surface area contributed by atoms with E-state index in [1.54, 1.807) is 0 Å². The van der Waals surface area contributed by atoms with Gasteiger partial charge in [-0.2, -0.15) is 0 Å². The minimum atomic E-state index is -0.355. The lowest BCUT2D eigenvalue weighted by Gasteiger charge is -2.22. The zero-order chi connectivity index (χ0) is 33.8. The van der Waals surface area contributed by atoms with Gasteiger partial charge >= 0.3 is 0 Å². The van der Waals surface area contributed by atoms with E-state index in [9.17, 15) is 0 Å². The van der Waals surface area contributed by atoms with Crippen molar-refractivity contribution in [3.05, 3.63) is 163 Å². The molecule has 3 nitrogen and oxygen atoms in total. The fourth-order valence-corrected chi connectivity index (χ4v) is 9.49. The molecular weight excluding hydrogens is 639 g/mol. The van der Waals surface area contributed by atoms with Crippen molar-refractivity contribution in [2.24, 2.45) is 0 Å². The molecule has 0 fully saturated rings. The molecule has 0 radical (unpaired) electrons. The van der Waals surface area contributed by atoms with E-state index >= 15 is 0 Å². The Kier molecular flexibility index (Phi) is 5.89. The second kappa shape index (κ2) is 10.5. The molecule has 51 heavy (non-hydrogen) atoms. The summed E-state index contributed by atoms with van der Waals surface area (Å²) >= 11 is 1.86. The molecule has 0 saturated carbocycles. The van der Waals surface area contributed by atoms with Crippen molar-refractivity contribution in [1.29, 1.82) is 0 Å². The molecule has 0 N–H and O–H groups in total. The van der Waals surface area contributed by atoms with E-state index in [1.807, 2.05) is 17.4 Å². The van der Waals surface area contributed by atoms with Gasteiger partial charge in [0, 0.05) is 47.5 Å². The topological polar surface area (TPSA) is 30.7 Å². The SMILES string of the molecule is CC1(C)c2cc(-c3ccc4sc5ccccc5c4c3)ccc2-c2c(-n3c4ccccc4c4cc5ccccc5cc43)nc(-c3ccccc3)nc21. The first kappa shape index (κ1) is 28.7. The Morgan fingerprint density at radius 3 is 2.06 bits per heavy atom. The largest absolute Gasteiger partial charge is 0.293 e. The highest BCUT2D eigenvalue weighted by molar-refractivity contribution is 7.25. The summed E-state index contributed by atoms with van der Waals surface area (Å²) < 4.78 is 5.04. The van der Waals surface area contributed by atoms with Gasteiger partial charge < -0.3 is 0 Å². The molecule has 0 bridgehead atoms. The minimum Gasteiger partial charge on any atom is -0.293 e. The molecule has 10 aromatic rings. The summed E-state index contributed by atoms with van der Waals surface area (Å²) in [5.41, 5.74) is 10.0. The fourth-order valence-electron chi connectivity index (χ4n) is 8.40. The average molecular weight is 670 g/mol. The smallest absolute Gasteiger partial charge is 0.161 e. The molecule has 3 aromatic heterocycles. The number of hydrogen-bond acceptors (Lipinski definition) is 3.